The lowest BCUT2D eigenvalue weighted by Gasteiger charge is -2.24. The molecule has 154 valence electrons. The molecule has 27 heavy (non-hydrogen) atoms. The quantitative estimate of drug-likeness (QED) is 0.202. The maximum atomic E-state index is 11.4. The van der Waals surface area contributed by atoms with Crippen molar-refractivity contribution in [2.75, 3.05) is 41.7 Å². The van der Waals surface area contributed by atoms with Crippen molar-refractivity contribution < 1.29 is 32.4 Å². The van der Waals surface area contributed by atoms with E-state index in [9.17, 15) is 10.1 Å². The van der Waals surface area contributed by atoms with Gasteiger partial charge in [-0.3, -0.25) is 10.1 Å². The lowest BCUT2D eigenvalue weighted by Crippen LogP contribution is -2.42. The van der Waals surface area contributed by atoms with E-state index in [1.807, 2.05) is 6.92 Å². The first-order valence-corrected chi connectivity index (χ1v) is 10.6. The Bertz CT molecular complexity index is 586. The minimum absolute atomic E-state index is 0.0767. The maximum absolute atomic E-state index is 11.4. The summed E-state index contributed by atoms with van der Waals surface area (Å²) in [6.45, 7) is 2.73. The summed E-state index contributed by atoms with van der Waals surface area (Å²) in [5.74, 6) is 0.766. The van der Waals surface area contributed by atoms with Gasteiger partial charge in [-0.1, -0.05) is 0 Å². The Hall–Kier alpha value is -1.72. The second kappa shape index (κ2) is 11.9. The Labute approximate surface area is 161 Å². The van der Waals surface area contributed by atoms with E-state index in [2.05, 4.69) is 0 Å². The molecule has 0 radical (unpaired) electrons. The smallest absolute Gasteiger partial charge is 0.496 e. The zero-order valence-corrected chi connectivity index (χ0v) is 17.6. The molecule has 0 heterocycles. The van der Waals surface area contributed by atoms with Crippen LogP contribution in [0.15, 0.2) is 12.1 Å². The van der Waals surface area contributed by atoms with Crippen LogP contribution in [0.5, 0.6) is 11.5 Å². The van der Waals surface area contributed by atoms with Gasteiger partial charge in [0.05, 0.1) is 36.9 Å². The van der Waals surface area contributed by atoms with Gasteiger partial charge in [0.1, 0.15) is 11.5 Å². The van der Waals surface area contributed by atoms with Crippen LogP contribution in [0.4, 0.5) is 5.69 Å². The molecule has 1 aromatic rings. The van der Waals surface area contributed by atoms with Crippen molar-refractivity contribution in [1.29, 1.82) is 0 Å². The van der Waals surface area contributed by atoms with Gasteiger partial charge in [0.25, 0.3) is 5.69 Å². The van der Waals surface area contributed by atoms with Gasteiger partial charge >= 0.3 is 8.80 Å². The number of hydrogen-bond donors (Lipinski definition) is 0. The van der Waals surface area contributed by atoms with E-state index >= 15 is 0 Å². The van der Waals surface area contributed by atoms with Crippen LogP contribution in [-0.4, -0.2) is 55.4 Å². The van der Waals surface area contributed by atoms with Crippen LogP contribution in [-0.2, 0) is 24.6 Å². The van der Waals surface area contributed by atoms with Gasteiger partial charge in [0.2, 0.25) is 0 Å². The topological polar surface area (TPSA) is 98.5 Å². The normalized spacial score (nSPS) is 11.4. The molecule has 0 saturated carbocycles. The molecule has 1 aromatic carbocycles. The number of rotatable bonds is 14. The van der Waals surface area contributed by atoms with Gasteiger partial charge in [-0.05, 0) is 19.8 Å². The largest absolute Gasteiger partial charge is 0.500 e. The molecule has 0 aliphatic carbocycles. The molecule has 0 saturated heterocycles. The Morgan fingerprint density at radius 3 is 2.26 bits per heavy atom. The molecule has 0 unspecified atom stereocenters. The van der Waals surface area contributed by atoms with Gasteiger partial charge in [-0.2, -0.15) is 0 Å². The highest BCUT2D eigenvalue weighted by atomic mass is 28.4. The summed E-state index contributed by atoms with van der Waals surface area (Å²) in [5.41, 5.74) is 0.308. The van der Waals surface area contributed by atoms with Crippen LogP contribution < -0.4 is 9.47 Å². The molecule has 0 amide bonds. The van der Waals surface area contributed by atoms with E-state index in [4.69, 9.17) is 27.5 Å². The van der Waals surface area contributed by atoms with E-state index < -0.39 is 13.7 Å². The van der Waals surface area contributed by atoms with Gasteiger partial charge in [-0.25, -0.2) is 0 Å². The fourth-order valence-corrected chi connectivity index (χ4v) is 4.42. The van der Waals surface area contributed by atoms with Gasteiger partial charge in [-0.15, -0.1) is 0 Å². The zero-order chi connectivity index (χ0) is 20.3. The number of methoxy groups -OCH3 is 1. The number of ether oxygens (including phenoxy) is 3. The average molecular weight is 404 g/mol. The van der Waals surface area contributed by atoms with E-state index in [0.717, 1.165) is 12.8 Å². The third kappa shape index (κ3) is 6.74. The molecule has 0 atom stereocenters. The van der Waals surface area contributed by atoms with Gasteiger partial charge in [0.15, 0.2) is 0 Å². The molecule has 0 aliphatic heterocycles. The van der Waals surface area contributed by atoms with Crippen LogP contribution in [0.25, 0.3) is 0 Å². The molecule has 0 spiro atoms. The van der Waals surface area contributed by atoms with E-state index in [-0.39, 0.29) is 12.3 Å². The van der Waals surface area contributed by atoms with Crippen LogP contribution in [0.3, 0.4) is 0 Å². The number of nitro benzene ring substituents is 1. The fraction of sp³-hybridized carbons (Fsp3) is 0.647. The second-order valence-corrected chi connectivity index (χ2v) is 8.71. The summed E-state index contributed by atoms with van der Waals surface area (Å²) in [6.07, 6.45) is 1.54. The second-order valence-electron chi connectivity index (χ2n) is 5.62. The SMILES string of the molecule is CCOc1cc(OC)c(COCCCC[Si](OC)(OC)OC)c([N+](=O)[O-])c1. The van der Waals surface area contributed by atoms with Crippen molar-refractivity contribution in [2.45, 2.75) is 32.4 Å². The Morgan fingerprint density at radius 2 is 1.74 bits per heavy atom. The predicted molar refractivity (Wildman–Crippen MR) is 101 cm³/mol. The summed E-state index contributed by atoms with van der Waals surface area (Å²) < 4.78 is 32.4. The Balaban J connectivity index is 2.65. The first kappa shape index (κ1) is 23.3. The van der Waals surface area contributed by atoms with Crippen LogP contribution >= 0.6 is 0 Å². The molecule has 0 bridgehead atoms. The van der Waals surface area contributed by atoms with Crippen molar-refractivity contribution >= 4 is 14.5 Å². The number of nitrogens with zero attached hydrogens (tertiary/aromatic N) is 1. The summed E-state index contributed by atoms with van der Waals surface area (Å²) in [4.78, 5) is 10.9. The Kier molecular flexibility index (Phi) is 10.3. The average Bonchev–Trinajstić information content (AvgIpc) is 2.68. The van der Waals surface area contributed by atoms with E-state index in [1.165, 1.54) is 13.2 Å². The highest BCUT2D eigenvalue weighted by Gasteiger charge is 2.36. The standard InChI is InChI=1S/C17H29NO8Si/c1-6-26-14-11-16(18(19)20)15(17(12-14)21-2)13-25-9-7-8-10-27(22-3,23-4)24-5/h11-12H,6-10,13H2,1-5H3. The predicted octanol–water partition coefficient (Wildman–Crippen LogP) is 3.18. The number of benzene rings is 1. The maximum Gasteiger partial charge on any atom is 0.500 e. The first-order chi connectivity index (χ1) is 13.0. The van der Waals surface area contributed by atoms with Crippen molar-refractivity contribution in [3.8, 4) is 11.5 Å². The number of unbranched alkanes of at least 4 members (excludes halogenated alkanes) is 1. The van der Waals surface area contributed by atoms with Gasteiger partial charge in [0, 0.05) is 40.0 Å². The van der Waals surface area contributed by atoms with E-state index in [1.54, 1.807) is 27.4 Å². The molecule has 0 aliphatic rings. The summed E-state index contributed by atoms with van der Waals surface area (Å²) in [5, 5.41) is 11.4. The fourth-order valence-electron chi connectivity index (χ4n) is 2.62. The molecule has 9 nitrogen and oxygen atoms in total. The third-order valence-electron chi connectivity index (χ3n) is 4.09. The zero-order valence-electron chi connectivity index (χ0n) is 16.6. The number of nitro groups is 1. The minimum Gasteiger partial charge on any atom is -0.496 e. The molecule has 0 fully saturated rings. The summed E-state index contributed by atoms with van der Waals surface area (Å²) in [6, 6.07) is 3.69. The third-order valence-corrected chi connectivity index (χ3v) is 6.92. The molecule has 10 heteroatoms. The lowest BCUT2D eigenvalue weighted by atomic mass is 10.1. The monoisotopic (exact) mass is 403 g/mol. The van der Waals surface area contributed by atoms with Crippen LogP contribution in [0, 0.1) is 10.1 Å². The summed E-state index contributed by atoms with van der Waals surface area (Å²) >= 11 is 0. The van der Waals surface area contributed by atoms with Crippen LogP contribution in [0.2, 0.25) is 6.04 Å². The number of hydrogen-bond acceptors (Lipinski definition) is 8. The molecule has 0 aromatic heterocycles. The van der Waals surface area contributed by atoms with E-state index in [0.29, 0.717) is 36.3 Å². The molecule has 1 rings (SSSR count). The highest BCUT2D eigenvalue weighted by Crippen LogP contribution is 2.34. The van der Waals surface area contributed by atoms with Crippen molar-refractivity contribution in [3.05, 3.63) is 27.8 Å². The van der Waals surface area contributed by atoms with Crippen molar-refractivity contribution in [2.24, 2.45) is 0 Å². The molecular formula is C17H29NO8Si. The van der Waals surface area contributed by atoms with Crippen molar-refractivity contribution in [1.82, 2.24) is 0 Å². The van der Waals surface area contributed by atoms with Gasteiger partial charge < -0.3 is 27.5 Å². The lowest BCUT2D eigenvalue weighted by molar-refractivity contribution is -0.386. The first-order valence-electron chi connectivity index (χ1n) is 8.68. The minimum atomic E-state index is -2.57. The highest BCUT2D eigenvalue weighted by molar-refractivity contribution is 6.60. The van der Waals surface area contributed by atoms with Crippen LogP contribution in [0.1, 0.15) is 25.3 Å². The molecular weight excluding hydrogens is 374 g/mol. The Morgan fingerprint density at radius 1 is 1.07 bits per heavy atom. The van der Waals surface area contributed by atoms with Crippen molar-refractivity contribution in [3.63, 3.8) is 0 Å². The summed E-state index contributed by atoms with van der Waals surface area (Å²) in [7, 11) is 3.62. The molecule has 0 N–H and O–H groups in total.